The number of hydrogen-bond donors (Lipinski definition) is 0. The van der Waals surface area contributed by atoms with Crippen molar-refractivity contribution in [3.8, 4) is 0 Å². The van der Waals surface area contributed by atoms with Crippen LogP contribution in [0.5, 0.6) is 0 Å². The van der Waals surface area contributed by atoms with Crippen molar-refractivity contribution in [2.45, 2.75) is 82.1 Å². The van der Waals surface area contributed by atoms with Crippen molar-refractivity contribution in [3.63, 3.8) is 0 Å². The maximum atomic E-state index is 2.47. The Kier molecular flexibility index (Phi) is 8.94. The van der Waals surface area contributed by atoms with Crippen LogP contribution in [0.25, 0.3) is 0 Å². The first-order chi connectivity index (χ1) is 10.5. The van der Waals surface area contributed by atoms with Crippen LogP contribution in [-0.4, -0.2) is 0 Å². The van der Waals surface area contributed by atoms with E-state index in [9.17, 15) is 0 Å². The fraction of sp³-hybridized carbons (Fsp3) is 0.636. The molecule has 0 saturated heterocycles. The van der Waals surface area contributed by atoms with E-state index < -0.39 is 27.7 Å². The molecule has 2 rings (SSSR count). The van der Waals surface area contributed by atoms with Gasteiger partial charge >= 0.3 is 159 Å². The third-order valence-corrected chi connectivity index (χ3v) is 16.5. The topological polar surface area (TPSA) is 0 Å². The molecule has 0 spiro atoms. The molecule has 0 N–H and O–H groups in total. The summed E-state index contributed by atoms with van der Waals surface area (Å²) in [5, 5.41) is 0. The fourth-order valence-electron chi connectivity index (χ4n) is 4.37. The second-order valence-corrected chi connectivity index (χ2v) is 13.5. The zero-order valence-corrected chi connectivity index (χ0v) is 23.3. The molecule has 0 heterocycles. The molecule has 3 heteroatoms. The maximum absolute atomic E-state index is 2.47. The molecule has 0 aromatic rings. The first-order valence-corrected chi connectivity index (χ1v) is 13.3. The largest absolute Gasteiger partial charge is 1.00 e. The van der Waals surface area contributed by atoms with Crippen LogP contribution in [0.15, 0.2) is 38.7 Å². The van der Waals surface area contributed by atoms with Crippen LogP contribution >= 0.6 is 0 Å². The third-order valence-electron chi connectivity index (χ3n) is 6.72. The van der Waals surface area contributed by atoms with E-state index in [1.165, 1.54) is 12.8 Å². The average molecular weight is 607 g/mol. The Bertz CT molecular complexity index is 612. The summed E-state index contributed by atoms with van der Waals surface area (Å²) in [5.41, 5.74) is 10.5. The maximum Gasteiger partial charge on any atom is -1.00 e. The second kappa shape index (κ2) is 8.73. The molecule has 2 aliphatic carbocycles. The first-order valence-electron chi connectivity index (χ1n) is 9.12. The van der Waals surface area contributed by atoms with E-state index in [1.54, 1.807) is 33.4 Å². The first kappa shape index (κ1) is 25.6. The summed E-state index contributed by atoms with van der Waals surface area (Å²) >= 11 is -1.20. The van der Waals surface area contributed by atoms with Crippen LogP contribution in [0.3, 0.4) is 0 Å². The smallest absolute Gasteiger partial charge is 1.00 e. The van der Waals surface area contributed by atoms with Crippen molar-refractivity contribution >= 4 is 0 Å². The van der Waals surface area contributed by atoms with E-state index in [-0.39, 0.29) is 24.8 Å². The minimum atomic E-state index is -1.20. The van der Waals surface area contributed by atoms with Crippen molar-refractivity contribution in [2.75, 3.05) is 0 Å². The van der Waals surface area contributed by atoms with Gasteiger partial charge in [0.05, 0.1) is 0 Å². The van der Waals surface area contributed by atoms with Gasteiger partial charge in [0.2, 0.25) is 0 Å². The molecule has 0 aromatic heterocycles. The molecule has 0 atom stereocenters. The van der Waals surface area contributed by atoms with E-state index in [1.807, 2.05) is 5.21 Å². The standard InChI is InChI=1S/2C11H17.2ClH.U/c2*1-6-10-7-11(4,5)9(3)8(10)2;;;/h2*6H2,1-5H3;2*1H;/q;;;;+2/p-2. The molecule has 0 nitrogen and oxygen atoms in total. The Morgan fingerprint density at radius 3 is 1.16 bits per heavy atom. The van der Waals surface area contributed by atoms with Gasteiger partial charge in [0.15, 0.2) is 0 Å². The van der Waals surface area contributed by atoms with Gasteiger partial charge in [-0.2, -0.15) is 0 Å². The normalized spacial score (nSPS) is 21.5. The Morgan fingerprint density at radius 2 is 0.920 bits per heavy atom. The predicted molar refractivity (Wildman–Crippen MR) is 98.9 cm³/mol. The monoisotopic (exact) mass is 606 g/mol. The number of allylic oxidation sites excluding steroid dienone is 8. The van der Waals surface area contributed by atoms with E-state index >= 15 is 0 Å². The molecule has 2 aliphatic rings. The van der Waals surface area contributed by atoms with E-state index in [0.29, 0.717) is 10.8 Å². The number of hydrogen-bond acceptors (Lipinski definition) is 0. The molecular formula is C22H34Cl2U. The molecule has 0 amide bonds. The van der Waals surface area contributed by atoms with Crippen LogP contribution in [-0.2, 0) is 0 Å². The van der Waals surface area contributed by atoms with Gasteiger partial charge in [-0.1, -0.05) is 0 Å². The van der Waals surface area contributed by atoms with Crippen molar-refractivity contribution in [2.24, 2.45) is 10.8 Å². The van der Waals surface area contributed by atoms with Crippen LogP contribution in [0.4, 0.5) is 0 Å². The Labute approximate surface area is 183 Å². The Morgan fingerprint density at radius 1 is 0.640 bits per heavy atom. The summed E-state index contributed by atoms with van der Waals surface area (Å²) in [6, 6.07) is 0. The molecule has 0 bridgehead atoms. The van der Waals surface area contributed by atoms with Crippen LogP contribution in [0.1, 0.15) is 82.1 Å². The molecule has 0 radical (unpaired) electrons. The Hall–Kier alpha value is 0.592. The number of rotatable bonds is 4. The molecule has 0 fully saturated rings. The van der Waals surface area contributed by atoms with E-state index in [2.05, 4.69) is 69.2 Å². The van der Waals surface area contributed by atoms with Gasteiger partial charge < -0.3 is 24.8 Å². The van der Waals surface area contributed by atoms with Gasteiger partial charge in [-0.15, -0.1) is 0 Å². The summed E-state index contributed by atoms with van der Waals surface area (Å²) in [7, 11) is 0. The minimum Gasteiger partial charge on any atom is -1.00 e. The van der Waals surface area contributed by atoms with E-state index in [0.717, 1.165) is 0 Å². The van der Waals surface area contributed by atoms with Crippen molar-refractivity contribution in [1.29, 1.82) is 0 Å². The zero-order valence-electron chi connectivity index (χ0n) is 17.7. The number of halogens is 2. The summed E-state index contributed by atoms with van der Waals surface area (Å²) < 4.78 is 3.76. The van der Waals surface area contributed by atoms with Gasteiger partial charge in [0.1, 0.15) is 0 Å². The summed E-state index contributed by atoms with van der Waals surface area (Å²) in [5.74, 6) is 0. The summed E-state index contributed by atoms with van der Waals surface area (Å²) in [4.78, 5) is 0. The average Bonchev–Trinajstić information content (AvgIpc) is 2.75. The van der Waals surface area contributed by atoms with Gasteiger partial charge in [-0.3, -0.25) is 0 Å². The van der Waals surface area contributed by atoms with Crippen molar-refractivity contribution in [3.05, 3.63) is 38.7 Å². The van der Waals surface area contributed by atoms with Gasteiger partial charge in [-0.05, 0) is 0 Å². The van der Waals surface area contributed by atoms with Crippen LogP contribution < -0.4 is 24.8 Å². The third kappa shape index (κ3) is 3.92. The molecule has 0 unspecified atom stereocenters. The van der Waals surface area contributed by atoms with Crippen LogP contribution in [0, 0.1) is 38.6 Å². The molecule has 25 heavy (non-hydrogen) atoms. The summed E-state index contributed by atoms with van der Waals surface area (Å²) in [6.45, 7) is 24.1. The van der Waals surface area contributed by atoms with Crippen molar-refractivity contribution in [1.82, 2.24) is 0 Å². The summed E-state index contributed by atoms with van der Waals surface area (Å²) in [6.07, 6.45) is 2.42. The molecule has 0 aromatic carbocycles. The van der Waals surface area contributed by atoms with Gasteiger partial charge in [0, 0.05) is 0 Å². The fourth-order valence-corrected chi connectivity index (χ4v) is 13.9. The SMILES string of the molecule is CCC1=[C]([U+2][C]2=C(CC)C(C)=C(C)C2(C)C)C(C)(C)C(C)=C1C.[Cl-].[Cl-]. The molecule has 140 valence electrons. The molecular weight excluding hydrogens is 573 g/mol. The second-order valence-electron chi connectivity index (χ2n) is 8.29. The minimum absolute atomic E-state index is 0. The zero-order chi connectivity index (χ0) is 17.7. The predicted octanol–water partition coefficient (Wildman–Crippen LogP) is 1.16. The van der Waals surface area contributed by atoms with Crippen molar-refractivity contribution < 1.29 is 52.5 Å². The van der Waals surface area contributed by atoms with E-state index in [4.69, 9.17) is 0 Å². The van der Waals surface area contributed by atoms with Crippen LogP contribution in [0.2, 0.25) is 0 Å². The van der Waals surface area contributed by atoms with Gasteiger partial charge in [0.25, 0.3) is 0 Å². The quantitative estimate of drug-likeness (QED) is 0.451. The molecule has 0 aliphatic heterocycles. The van der Waals surface area contributed by atoms with Gasteiger partial charge in [-0.25, -0.2) is 0 Å². The Balaban J connectivity index is 0.00000288. The molecule has 0 saturated carbocycles.